The number of aryl methyl sites for hydroxylation is 1. The zero-order chi connectivity index (χ0) is 14.2. The molecule has 1 unspecified atom stereocenters. The van der Waals surface area contributed by atoms with Crippen LogP contribution in [0.2, 0.25) is 0 Å². The zero-order valence-corrected chi connectivity index (χ0v) is 12.1. The van der Waals surface area contributed by atoms with Crippen LogP contribution in [-0.4, -0.2) is 14.5 Å². The van der Waals surface area contributed by atoms with Gasteiger partial charge in [0.2, 0.25) is 0 Å². The molecular weight excluding hydrogens is 260 g/mol. The fourth-order valence-corrected chi connectivity index (χ4v) is 3.24. The largest absolute Gasteiger partial charge is 0.327 e. The van der Waals surface area contributed by atoms with Gasteiger partial charge in [0.25, 0.3) is 0 Å². The van der Waals surface area contributed by atoms with Crippen molar-refractivity contribution in [2.24, 2.45) is 0 Å². The van der Waals surface area contributed by atoms with Crippen LogP contribution in [-0.2, 0) is 19.5 Å². The summed E-state index contributed by atoms with van der Waals surface area (Å²) in [5.74, 6) is 1.12. The SMILES string of the molecule is CCn1c(C2Cc3ccccc3CN2)nc2cnccc21. The lowest BCUT2D eigenvalue weighted by atomic mass is 9.95. The average molecular weight is 278 g/mol. The predicted molar refractivity (Wildman–Crippen MR) is 82.9 cm³/mol. The van der Waals surface area contributed by atoms with Gasteiger partial charge in [-0.2, -0.15) is 0 Å². The Morgan fingerprint density at radius 3 is 2.95 bits per heavy atom. The van der Waals surface area contributed by atoms with E-state index in [9.17, 15) is 0 Å². The van der Waals surface area contributed by atoms with Crippen LogP contribution in [0, 0.1) is 0 Å². The van der Waals surface area contributed by atoms with Crippen molar-refractivity contribution in [1.29, 1.82) is 0 Å². The number of benzene rings is 1. The van der Waals surface area contributed by atoms with Crippen molar-refractivity contribution in [3.8, 4) is 0 Å². The number of nitrogens with zero attached hydrogens (tertiary/aromatic N) is 3. The molecule has 1 atom stereocenters. The molecule has 0 spiro atoms. The number of hydrogen-bond donors (Lipinski definition) is 1. The monoisotopic (exact) mass is 278 g/mol. The lowest BCUT2D eigenvalue weighted by Gasteiger charge is -2.26. The van der Waals surface area contributed by atoms with Gasteiger partial charge in [-0.3, -0.25) is 4.98 Å². The summed E-state index contributed by atoms with van der Waals surface area (Å²) in [6, 6.07) is 11.0. The minimum absolute atomic E-state index is 0.271. The molecule has 21 heavy (non-hydrogen) atoms. The number of imidazole rings is 1. The van der Waals surface area contributed by atoms with Crippen LogP contribution in [0.1, 0.15) is 29.9 Å². The average Bonchev–Trinajstić information content (AvgIpc) is 2.93. The molecule has 1 N–H and O–H groups in total. The summed E-state index contributed by atoms with van der Waals surface area (Å²) in [5, 5.41) is 3.62. The Bertz CT molecular complexity index is 790. The third-order valence-electron chi connectivity index (χ3n) is 4.29. The molecule has 0 saturated carbocycles. The Morgan fingerprint density at radius 1 is 1.24 bits per heavy atom. The molecule has 4 nitrogen and oxygen atoms in total. The van der Waals surface area contributed by atoms with Crippen LogP contribution >= 0.6 is 0 Å². The third kappa shape index (κ3) is 2.03. The van der Waals surface area contributed by atoms with Crippen LogP contribution in [0.15, 0.2) is 42.7 Å². The number of pyridine rings is 1. The van der Waals surface area contributed by atoms with Gasteiger partial charge in [0.1, 0.15) is 11.3 Å². The molecule has 0 bridgehead atoms. The van der Waals surface area contributed by atoms with Crippen molar-refractivity contribution in [2.75, 3.05) is 0 Å². The topological polar surface area (TPSA) is 42.7 Å². The van der Waals surface area contributed by atoms with E-state index >= 15 is 0 Å². The van der Waals surface area contributed by atoms with Crippen LogP contribution in [0.25, 0.3) is 11.0 Å². The Morgan fingerprint density at radius 2 is 2.10 bits per heavy atom. The van der Waals surface area contributed by atoms with Gasteiger partial charge in [-0.25, -0.2) is 4.98 Å². The fourth-order valence-electron chi connectivity index (χ4n) is 3.24. The highest BCUT2D eigenvalue weighted by atomic mass is 15.1. The van der Waals surface area contributed by atoms with Crippen molar-refractivity contribution >= 4 is 11.0 Å². The van der Waals surface area contributed by atoms with Crippen LogP contribution in [0.3, 0.4) is 0 Å². The van der Waals surface area contributed by atoms with Crippen LogP contribution in [0.4, 0.5) is 0 Å². The number of fused-ring (bicyclic) bond motifs is 2. The summed E-state index contributed by atoms with van der Waals surface area (Å²) in [7, 11) is 0. The van der Waals surface area contributed by atoms with E-state index in [-0.39, 0.29) is 6.04 Å². The molecule has 3 heterocycles. The summed E-state index contributed by atoms with van der Waals surface area (Å²) >= 11 is 0. The number of rotatable bonds is 2. The summed E-state index contributed by atoms with van der Waals surface area (Å²) < 4.78 is 2.29. The van der Waals surface area contributed by atoms with Gasteiger partial charge >= 0.3 is 0 Å². The fraction of sp³-hybridized carbons (Fsp3) is 0.294. The number of nitrogens with one attached hydrogen (secondary N) is 1. The maximum absolute atomic E-state index is 4.82. The second-order valence-corrected chi connectivity index (χ2v) is 5.48. The smallest absolute Gasteiger partial charge is 0.127 e. The van der Waals surface area contributed by atoms with E-state index in [1.807, 2.05) is 18.5 Å². The molecule has 0 saturated heterocycles. The highest BCUT2D eigenvalue weighted by Gasteiger charge is 2.24. The molecule has 0 radical (unpaired) electrons. The van der Waals surface area contributed by atoms with Gasteiger partial charge in [-0.1, -0.05) is 24.3 Å². The first-order chi connectivity index (χ1) is 10.4. The molecule has 4 heteroatoms. The summed E-state index contributed by atoms with van der Waals surface area (Å²) in [6.07, 6.45) is 4.68. The van der Waals surface area contributed by atoms with E-state index in [1.165, 1.54) is 16.6 Å². The maximum Gasteiger partial charge on any atom is 0.127 e. The van der Waals surface area contributed by atoms with Crippen molar-refractivity contribution < 1.29 is 0 Å². The molecular formula is C17H18N4. The molecule has 4 rings (SSSR count). The molecule has 1 aliphatic rings. The first kappa shape index (κ1) is 12.5. The van der Waals surface area contributed by atoms with Gasteiger partial charge in [0.15, 0.2) is 0 Å². The molecule has 0 aliphatic carbocycles. The molecule has 2 aromatic heterocycles. The summed E-state index contributed by atoms with van der Waals surface area (Å²) in [5.41, 5.74) is 4.97. The molecule has 0 fully saturated rings. The second-order valence-electron chi connectivity index (χ2n) is 5.48. The molecule has 3 aromatic rings. The van der Waals surface area contributed by atoms with E-state index < -0.39 is 0 Å². The predicted octanol–water partition coefficient (Wildman–Crippen LogP) is 2.84. The highest BCUT2D eigenvalue weighted by molar-refractivity contribution is 5.74. The van der Waals surface area contributed by atoms with E-state index in [4.69, 9.17) is 4.98 Å². The molecule has 1 aliphatic heterocycles. The zero-order valence-electron chi connectivity index (χ0n) is 12.1. The maximum atomic E-state index is 4.82. The van der Waals surface area contributed by atoms with Crippen molar-refractivity contribution in [2.45, 2.75) is 32.5 Å². The second kappa shape index (κ2) is 4.97. The van der Waals surface area contributed by atoms with Crippen molar-refractivity contribution in [1.82, 2.24) is 19.9 Å². The molecule has 0 amide bonds. The van der Waals surface area contributed by atoms with Gasteiger partial charge in [0, 0.05) is 19.3 Å². The highest BCUT2D eigenvalue weighted by Crippen LogP contribution is 2.27. The lowest BCUT2D eigenvalue weighted by molar-refractivity contribution is 0.460. The Kier molecular flexibility index (Phi) is 2.97. The first-order valence-electron chi connectivity index (χ1n) is 7.47. The third-order valence-corrected chi connectivity index (χ3v) is 4.29. The minimum atomic E-state index is 0.271. The minimum Gasteiger partial charge on any atom is -0.327 e. The molecule has 1 aromatic carbocycles. The van der Waals surface area contributed by atoms with Gasteiger partial charge in [-0.05, 0) is 30.5 Å². The van der Waals surface area contributed by atoms with E-state index in [0.717, 1.165) is 30.9 Å². The Labute approximate surface area is 123 Å². The van der Waals surface area contributed by atoms with Crippen LogP contribution in [0.5, 0.6) is 0 Å². The first-order valence-corrected chi connectivity index (χ1v) is 7.47. The van der Waals surface area contributed by atoms with E-state index in [1.54, 1.807) is 0 Å². The standard InChI is InChI=1S/C17H18N4/c1-2-21-16-7-8-18-11-15(16)20-17(21)14-9-12-5-3-4-6-13(12)10-19-14/h3-8,11,14,19H,2,9-10H2,1H3. The van der Waals surface area contributed by atoms with Crippen LogP contribution < -0.4 is 5.32 Å². The summed E-state index contributed by atoms with van der Waals surface area (Å²) in [4.78, 5) is 9.00. The normalized spacial score (nSPS) is 17.9. The van der Waals surface area contributed by atoms with Gasteiger partial charge in [-0.15, -0.1) is 0 Å². The van der Waals surface area contributed by atoms with Crippen molar-refractivity contribution in [3.05, 3.63) is 59.7 Å². The van der Waals surface area contributed by atoms with E-state index in [2.05, 4.69) is 46.1 Å². The van der Waals surface area contributed by atoms with E-state index in [0.29, 0.717) is 0 Å². The molecule has 106 valence electrons. The Balaban J connectivity index is 1.78. The van der Waals surface area contributed by atoms with Crippen molar-refractivity contribution in [3.63, 3.8) is 0 Å². The van der Waals surface area contributed by atoms with Gasteiger partial charge in [0.05, 0.1) is 17.8 Å². The Hall–Kier alpha value is -2.20. The van der Waals surface area contributed by atoms with Gasteiger partial charge < -0.3 is 9.88 Å². The lowest BCUT2D eigenvalue weighted by Crippen LogP contribution is -2.30. The number of hydrogen-bond acceptors (Lipinski definition) is 3. The summed E-state index contributed by atoms with van der Waals surface area (Å²) in [6.45, 7) is 4.00. The quantitative estimate of drug-likeness (QED) is 0.784. The number of aromatic nitrogens is 3.